The highest BCUT2D eigenvalue weighted by molar-refractivity contribution is 7.46. The minimum absolute atomic E-state index is 0.306. The minimum atomic E-state index is -4.38. The van der Waals surface area contributed by atoms with E-state index in [0.717, 1.165) is 51.4 Å². The Morgan fingerprint density at radius 2 is 1.62 bits per heavy atom. The smallest absolute Gasteiger partial charge is 0.303 e. The molecule has 0 aliphatic heterocycles. The van der Waals surface area contributed by atoms with Gasteiger partial charge in [-0.15, -0.1) is 0 Å². The van der Waals surface area contributed by atoms with Crippen LogP contribution in [0, 0.1) is 11.8 Å². The van der Waals surface area contributed by atoms with Crippen LogP contribution in [-0.4, -0.2) is 15.9 Å². The number of hydrogen-bond acceptors (Lipinski definition) is 2. The Kier molecular flexibility index (Phi) is 11.7. The van der Waals surface area contributed by atoms with Gasteiger partial charge in [-0.1, -0.05) is 72.6 Å². The summed E-state index contributed by atoms with van der Waals surface area (Å²) < 4.78 is 16.2. The summed E-state index contributed by atoms with van der Waals surface area (Å²) in [7, 11) is -4.38. The van der Waals surface area contributed by atoms with Crippen molar-refractivity contribution in [1.29, 1.82) is 0 Å². The molecule has 0 spiro atoms. The molecule has 0 aromatic rings. The molecule has 0 saturated heterocycles. The van der Waals surface area contributed by atoms with Crippen molar-refractivity contribution in [2.24, 2.45) is 11.8 Å². The first-order valence-corrected chi connectivity index (χ1v) is 10.0. The molecule has 2 unspecified atom stereocenters. The highest BCUT2D eigenvalue weighted by atomic mass is 31.2. The lowest BCUT2D eigenvalue weighted by Crippen LogP contribution is -2.17. The number of unbranched alkanes of at least 4 members (excludes halogenated alkanes) is 2. The van der Waals surface area contributed by atoms with Gasteiger partial charge in [-0.25, -0.2) is 4.57 Å². The van der Waals surface area contributed by atoms with Crippen LogP contribution in [0.15, 0.2) is 0 Å². The highest BCUT2D eigenvalue weighted by Gasteiger charge is 2.24. The van der Waals surface area contributed by atoms with E-state index in [2.05, 4.69) is 27.7 Å². The van der Waals surface area contributed by atoms with E-state index in [1.807, 2.05) is 0 Å². The quantitative estimate of drug-likeness (QED) is 0.357. The fraction of sp³-hybridized carbons (Fsp3) is 1.00. The number of phosphoric acid groups is 1. The fourth-order valence-electron chi connectivity index (χ4n) is 2.69. The van der Waals surface area contributed by atoms with Crippen LogP contribution in [0.3, 0.4) is 0 Å². The maximum absolute atomic E-state index is 11.1. The molecule has 2 atom stereocenters. The Morgan fingerprint density at radius 1 is 1.00 bits per heavy atom. The Hall–Kier alpha value is 0.110. The predicted molar refractivity (Wildman–Crippen MR) is 88.1 cm³/mol. The van der Waals surface area contributed by atoms with Crippen molar-refractivity contribution in [2.45, 2.75) is 91.6 Å². The summed E-state index contributed by atoms with van der Waals surface area (Å²) in [6, 6.07) is 0. The first kappa shape index (κ1) is 21.1. The van der Waals surface area contributed by atoms with Crippen molar-refractivity contribution in [2.75, 3.05) is 0 Å². The van der Waals surface area contributed by atoms with Crippen molar-refractivity contribution in [3.63, 3.8) is 0 Å². The van der Waals surface area contributed by atoms with Gasteiger partial charge in [-0.3, -0.25) is 4.52 Å². The maximum Gasteiger partial charge on any atom is 0.469 e. The van der Waals surface area contributed by atoms with Crippen molar-refractivity contribution >= 4 is 7.82 Å². The van der Waals surface area contributed by atoms with Crippen molar-refractivity contribution in [3.05, 3.63) is 0 Å². The standard InChI is InChI=1S/C16H35O4P/c1-5-7-11-15(6-2)13-16(20-21(17,18)19)12-9-8-10-14(3)4/h14-16H,5-13H2,1-4H3,(H2,17,18,19). The topological polar surface area (TPSA) is 66.8 Å². The molecule has 0 radical (unpaired) electrons. The summed E-state index contributed by atoms with van der Waals surface area (Å²) >= 11 is 0. The molecule has 128 valence electrons. The Morgan fingerprint density at radius 3 is 2.10 bits per heavy atom. The number of rotatable bonds is 13. The van der Waals surface area contributed by atoms with E-state index in [9.17, 15) is 4.57 Å². The largest absolute Gasteiger partial charge is 0.469 e. The first-order chi connectivity index (χ1) is 9.78. The lowest BCUT2D eigenvalue weighted by atomic mass is 9.91. The first-order valence-electron chi connectivity index (χ1n) is 8.52. The molecule has 0 heterocycles. The van der Waals surface area contributed by atoms with Crippen LogP contribution < -0.4 is 0 Å². The fourth-order valence-corrected chi connectivity index (χ4v) is 3.27. The van der Waals surface area contributed by atoms with Crippen LogP contribution in [-0.2, 0) is 9.09 Å². The van der Waals surface area contributed by atoms with Crippen LogP contribution in [0.4, 0.5) is 0 Å². The van der Waals surface area contributed by atoms with Crippen molar-refractivity contribution < 1.29 is 18.9 Å². The molecule has 0 amide bonds. The molecule has 0 bridgehead atoms. The van der Waals surface area contributed by atoms with Crippen LogP contribution in [0.25, 0.3) is 0 Å². The summed E-state index contributed by atoms with van der Waals surface area (Å²) in [5.41, 5.74) is 0. The van der Waals surface area contributed by atoms with Crippen LogP contribution in [0.2, 0.25) is 0 Å². The molecular formula is C16H35O4P. The van der Waals surface area contributed by atoms with E-state index in [1.165, 1.54) is 6.42 Å². The summed E-state index contributed by atoms with van der Waals surface area (Å²) in [6.07, 6.45) is 8.97. The molecule has 0 aromatic carbocycles. The molecule has 0 aliphatic rings. The second-order valence-corrected chi connectivity index (χ2v) is 7.74. The summed E-state index contributed by atoms with van der Waals surface area (Å²) in [4.78, 5) is 18.2. The zero-order valence-electron chi connectivity index (χ0n) is 14.3. The van der Waals surface area contributed by atoms with Gasteiger partial charge in [0.2, 0.25) is 0 Å². The Labute approximate surface area is 130 Å². The average molecular weight is 322 g/mol. The predicted octanol–water partition coefficient (Wildman–Crippen LogP) is 5.29. The van der Waals surface area contributed by atoms with Gasteiger partial charge >= 0.3 is 7.82 Å². The molecule has 0 saturated carbocycles. The van der Waals surface area contributed by atoms with Gasteiger partial charge < -0.3 is 9.79 Å². The Balaban J connectivity index is 4.33. The van der Waals surface area contributed by atoms with E-state index in [0.29, 0.717) is 11.8 Å². The number of phosphoric ester groups is 1. The van der Waals surface area contributed by atoms with Gasteiger partial charge in [0.05, 0.1) is 6.10 Å². The van der Waals surface area contributed by atoms with E-state index in [-0.39, 0.29) is 6.10 Å². The molecule has 4 nitrogen and oxygen atoms in total. The molecule has 2 N–H and O–H groups in total. The molecular weight excluding hydrogens is 287 g/mol. The summed E-state index contributed by atoms with van der Waals surface area (Å²) in [5.74, 6) is 1.19. The van der Waals surface area contributed by atoms with Gasteiger partial charge in [0, 0.05) is 0 Å². The van der Waals surface area contributed by atoms with Crippen LogP contribution in [0.5, 0.6) is 0 Å². The van der Waals surface area contributed by atoms with Crippen LogP contribution in [0.1, 0.15) is 85.5 Å². The van der Waals surface area contributed by atoms with E-state index >= 15 is 0 Å². The van der Waals surface area contributed by atoms with Crippen molar-refractivity contribution in [3.8, 4) is 0 Å². The third-order valence-electron chi connectivity index (χ3n) is 3.98. The third-order valence-corrected chi connectivity index (χ3v) is 4.56. The van der Waals surface area contributed by atoms with Gasteiger partial charge in [-0.2, -0.15) is 0 Å². The summed E-state index contributed by atoms with van der Waals surface area (Å²) in [5, 5.41) is 0. The Bertz CT molecular complexity index is 288. The van der Waals surface area contributed by atoms with Gasteiger partial charge in [-0.05, 0) is 24.7 Å². The molecule has 21 heavy (non-hydrogen) atoms. The highest BCUT2D eigenvalue weighted by Crippen LogP contribution is 2.40. The summed E-state index contributed by atoms with van der Waals surface area (Å²) in [6.45, 7) is 8.71. The van der Waals surface area contributed by atoms with Gasteiger partial charge in [0.1, 0.15) is 0 Å². The second-order valence-electron chi connectivity index (χ2n) is 6.55. The average Bonchev–Trinajstić information content (AvgIpc) is 2.37. The molecule has 0 aliphatic carbocycles. The molecule has 0 rings (SSSR count). The van der Waals surface area contributed by atoms with Crippen molar-refractivity contribution in [1.82, 2.24) is 0 Å². The molecule has 5 heteroatoms. The second kappa shape index (κ2) is 11.6. The normalized spacial score (nSPS) is 15.4. The lowest BCUT2D eigenvalue weighted by Gasteiger charge is -2.23. The maximum atomic E-state index is 11.1. The van der Waals surface area contributed by atoms with E-state index in [4.69, 9.17) is 14.3 Å². The van der Waals surface area contributed by atoms with Gasteiger partial charge in [0.15, 0.2) is 0 Å². The zero-order valence-corrected chi connectivity index (χ0v) is 15.1. The van der Waals surface area contributed by atoms with Crippen LogP contribution >= 0.6 is 7.82 Å². The SMILES string of the molecule is CCCCC(CC)CC(CCCCC(C)C)OP(=O)(O)O. The van der Waals surface area contributed by atoms with Gasteiger partial charge in [0.25, 0.3) is 0 Å². The molecule has 0 aromatic heterocycles. The van der Waals surface area contributed by atoms with E-state index in [1.54, 1.807) is 0 Å². The third kappa shape index (κ3) is 13.5. The monoisotopic (exact) mass is 322 g/mol. The minimum Gasteiger partial charge on any atom is -0.303 e. The lowest BCUT2D eigenvalue weighted by molar-refractivity contribution is 0.101. The number of hydrogen-bond donors (Lipinski definition) is 2. The zero-order chi connectivity index (χ0) is 16.3. The molecule has 0 fully saturated rings. The van der Waals surface area contributed by atoms with E-state index < -0.39 is 7.82 Å².